The smallest absolute Gasteiger partial charge is 0.338 e. The van der Waals surface area contributed by atoms with Crippen molar-refractivity contribution in [1.82, 2.24) is 10.9 Å². The van der Waals surface area contributed by atoms with Crippen molar-refractivity contribution in [3.05, 3.63) is 74.3 Å². The number of carbonyl (C=O) groups is 3. The van der Waals surface area contributed by atoms with Gasteiger partial charge in [-0.3, -0.25) is 30.6 Å². The second kappa shape index (κ2) is 8.09. The molecule has 2 aromatic carbocycles. The van der Waals surface area contributed by atoms with Crippen molar-refractivity contribution in [2.24, 2.45) is 0 Å². The van der Waals surface area contributed by atoms with E-state index in [1.54, 1.807) is 19.1 Å². The number of rotatable bonds is 4. The van der Waals surface area contributed by atoms with Crippen LogP contribution in [0.2, 0.25) is 0 Å². The minimum absolute atomic E-state index is 0.155. The summed E-state index contributed by atoms with van der Waals surface area (Å²) in [6.07, 6.45) is 0. The van der Waals surface area contributed by atoms with E-state index in [1.807, 2.05) is 13.0 Å². The molecule has 9 nitrogen and oxygen atoms in total. The van der Waals surface area contributed by atoms with Gasteiger partial charge < -0.3 is 4.74 Å². The first-order valence-corrected chi connectivity index (χ1v) is 7.78. The first kappa shape index (κ1) is 19.6. The number of amides is 2. The van der Waals surface area contributed by atoms with Crippen LogP contribution >= 0.6 is 0 Å². The zero-order valence-electron chi connectivity index (χ0n) is 14.9. The van der Waals surface area contributed by atoms with Crippen molar-refractivity contribution in [1.29, 1.82) is 0 Å². The topological polar surface area (TPSA) is 128 Å². The van der Waals surface area contributed by atoms with E-state index in [0.717, 1.165) is 36.4 Å². The Morgan fingerprint density at radius 3 is 2.19 bits per heavy atom. The van der Waals surface area contributed by atoms with Crippen LogP contribution in [0.4, 0.5) is 5.69 Å². The number of carbonyl (C=O) groups excluding carboxylic acids is 3. The molecular weight excluding hydrogens is 354 g/mol. The summed E-state index contributed by atoms with van der Waals surface area (Å²) in [6.45, 7) is 3.64. The molecule has 0 saturated heterocycles. The first-order chi connectivity index (χ1) is 12.7. The molecule has 0 radical (unpaired) electrons. The molecule has 0 aromatic heterocycles. The Labute approximate surface area is 154 Å². The Hall–Kier alpha value is -3.75. The molecule has 2 rings (SSSR count). The number of hydrogen-bond donors (Lipinski definition) is 2. The number of hydrogen-bond acceptors (Lipinski definition) is 6. The summed E-state index contributed by atoms with van der Waals surface area (Å²) < 4.78 is 4.52. The summed E-state index contributed by atoms with van der Waals surface area (Å²) in [5.41, 5.74) is 5.72. The quantitative estimate of drug-likeness (QED) is 0.481. The molecule has 0 heterocycles. The van der Waals surface area contributed by atoms with Gasteiger partial charge in [0.15, 0.2) is 0 Å². The van der Waals surface area contributed by atoms with Crippen LogP contribution in [0.25, 0.3) is 0 Å². The molecule has 0 aliphatic rings. The summed E-state index contributed by atoms with van der Waals surface area (Å²) in [7, 11) is 1.12. The van der Waals surface area contributed by atoms with E-state index >= 15 is 0 Å². The maximum Gasteiger partial charge on any atom is 0.338 e. The Kier molecular flexibility index (Phi) is 5.86. The second-order valence-corrected chi connectivity index (χ2v) is 5.74. The summed E-state index contributed by atoms with van der Waals surface area (Å²) in [4.78, 5) is 46.4. The van der Waals surface area contributed by atoms with Crippen LogP contribution in [0.15, 0.2) is 36.4 Å². The standard InChI is InChI=1S/C18H17N3O6/c1-10-4-5-15(11(2)6-10)17(23)20-19-16(22)12-7-13(18(24)27-3)9-14(8-12)21(25)26/h4-9H,1-3H3,(H,19,22)(H,20,23). The highest BCUT2D eigenvalue weighted by molar-refractivity contribution is 6.01. The van der Waals surface area contributed by atoms with Gasteiger partial charge in [-0.1, -0.05) is 17.7 Å². The minimum Gasteiger partial charge on any atom is -0.465 e. The molecular formula is C18H17N3O6. The minimum atomic E-state index is -0.827. The van der Waals surface area contributed by atoms with Crippen molar-refractivity contribution < 1.29 is 24.0 Å². The van der Waals surface area contributed by atoms with Gasteiger partial charge in [0.25, 0.3) is 17.5 Å². The van der Waals surface area contributed by atoms with Crippen LogP contribution in [-0.4, -0.2) is 29.8 Å². The number of nitrogens with one attached hydrogen (secondary N) is 2. The number of non-ortho nitro benzene ring substituents is 1. The van der Waals surface area contributed by atoms with E-state index in [2.05, 4.69) is 15.6 Å². The van der Waals surface area contributed by atoms with Crippen LogP contribution in [0.3, 0.4) is 0 Å². The van der Waals surface area contributed by atoms with Crippen molar-refractivity contribution in [2.75, 3.05) is 7.11 Å². The van der Waals surface area contributed by atoms with Gasteiger partial charge in [-0.15, -0.1) is 0 Å². The lowest BCUT2D eigenvalue weighted by molar-refractivity contribution is -0.384. The van der Waals surface area contributed by atoms with E-state index in [1.165, 1.54) is 0 Å². The fourth-order valence-electron chi connectivity index (χ4n) is 2.40. The third-order valence-corrected chi connectivity index (χ3v) is 3.73. The fourth-order valence-corrected chi connectivity index (χ4v) is 2.40. The molecule has 0 aliphatic carbocycles. The molecule has 0 spiro atoms. The van der Waals surface area contributed by atoms with E-state index in [-0.39, 0.29) is 11.1 Å². The Morgan fingerprint density at radius 1 is 0.963 bits per heavy atom. The molecule has 0 unspecified atom stereocenters. The average molecular weight is 371 g/mol. The largest absolute Gasteiger partial charge is 0.465 e. The fraction of sp³-hybridized carbons (Fsp3) is 0.167. The highest BCUT2D eigenvalue weighted by Gasteiger charge is 2.19. The van der Waals surface area contributed by atoms with Crippen molar-refractivity contribution in [3.63, 3.8) is 0 Å². The van der Waals surface area contributed by atoms with Gasteiger partial charge in [-0.2, -0.15) is 0 Å². The lowest BCUT2D eigenvalue weighted by atomic mass is 10.1. The summed E-state index contributed by atoms with van der Waals surface area (Å²) in [5, 5.41) is 11.0. The number of nitrogens with zero attached hydrogens (tertiary/aromatic N) is 1. The summed E-state index contributed by atoms with van der Waals surface area (Å²) in [6, 6.07) is 8.32. The van der Waals surface area contributed by atoms with E-state index in [9.17, 15) is 24.5 Å². The highest BCUT2D eigenvalue weighted by Crippen LogP contribution is 2.18. The van der Waals surface area contributed by atoms with E-state index < -0.39 is 28.4 Å². The monoisotopic (exact) mass is 371 g/mol. The zero-order valence-corrected chi connectivity index (χ0v) is 14.9. The number of hydrazine groups is 1. The third kappa shape index (κ3) is 4.66. The molecule has 0 aliphatic heterocycles. The zero-order chi connectivity index (χ0) is 20.1. The maximum absolute atomic E-state index is 12.3. The first-order valence-electron chi connectivity index (χ1n) is 7.78. The third-order valence-electron chi connectivity index (χ3n) is 3.73. The van der Waals surface area contributed by atoms with Crippen molar-refractivity contribution >= 4 is 23.5 Å². The van der Waals surface area contributed by atoms with Crippen LogP contribution in [0.1, 0.15) is 42.2 Å². The molecule has 9 heteroatoms. The summed E-state index contributed by atoms with van der Waals surface area (Å²) >= 11 is 0. The Morgan fingerprint density at radius 2 is 1.59 bits per heavy atom. The van der Waals surface area contributed by atoms with Crippen molar-refractivity contribution in [2.45, 2.75) is 13.8 Å². The van der Waals surface area contributed by atoms with Gasteiger partial charge in [-0.05, 0) is 31.5 Å². The average Bonchev–Trinajstić information content (AvgIpc) is 2.64. The molecule has 2 aromatic rings. The lowest BCUT2D eigenvalue weighted by Crippen LogP contribution is -2.42. The number of aryl methyl sites for hydroxylation is 2. The Balaban J connectivity index is 2.19. The predicted molar refractivity (Wildman–Crippen MR) is 95.3 cm³/mol. The number of nitro groups is 1. The molecule has 0 atom stereocenters. The van der Waals surface area contributed by atoms with Gasteiger partial charge >= 0.3 is 5.97 Å². The molecule has 0 saturated carbocycles. The molecule has 27 heavy (non-hydrogen) atoms. The van der Waals surface area contributed by atoms with Crippen LogP contribution in [-0.2, 0) is 4.74 Å². The number of ether oxygens (including phenoxy) is 1. The molecule has 0 bridgehead atoms. The normalized spacial score (nSPS) is 10.0. The number of nitro benzene ring substituents is 1. The van der Waals surface area contributed by atoms with Gasteiger partial charge in [0.1, 0.15) is 0 Å². The van der Waals surface area contributed by atoms with Gasteiger partial charge in [-0.25, -0.2) is 4.79 Å². The molecule has 2 amide bonds. The number of methoxy groups -OCH3 is 1. The van der Waals surface area contributed by atoms with Crippen LogP contribution in [0.5, 0.6) is 0 Å². The summed E-state index contributed by atoms with van der Waals surface area (Å²) in [5.74, 6) is -2.19. The molecule has 0 fully saturated rings. The number of esters is 1. The highest BCUT2D eigenvalue weighted by atomic mass is 16.6. The van der Waals surface area contributed by atoms with Gasteiger partial charge in [0.2, 0.25) is 0 Å². The predicted octanol–water partition coefficient (Wildman–Crippen LogP) is 2.07. The van der Waals surface area contributed by atoms with Gasteiger partial charge in [0, 0.05) is 23.3 Å². The van der Waals surface area contributed by atoms with E-state index in [0.29, 0.717) is 5.56 Å². The second-order valence-electron chi connectivity index (χ2n) is 5.74. The van der Waals surface area contributed by atoms with Gasteiger partial charge in [0.05, 0.1) is 17.6 Å². The maximum atomic E-state index is 12.3. The Bertz CT molecular complexity index is 939. The van der Waals surface area contributed by atoms with E-state index in [4.69, 9.17) is 0 Å². The van der Waals surface area contributed by atoms with Crippen molar-refractivity contribution in [3.8, 4) is 0 Å². The van der Waals surface area contributed by atoms with Crippen LogP contribution in [0, 0.1) is 24.0 Å². The number of benzene rings is 2. The SMILES string of the molecule is COC(=O)c1cc(C(=O)NNC(=O)c2ccc(C)cc2C)cc([N+](=O)[O-])c1. The molecule has 2 N–H and O–H groups in total. The van der Waals surface area contributed by atoms with Crippen LogP contribution < -0.4 is 10.9 Å². The molecule has 140 valence electrons. The lowest BCUT2D eigenvalue weighted by Gasteiger charge is -2.10.